The van der Waals surface area contributed by atoms with Gasteiger partial charge < -0.3 is 14.9 Å². The highest BCUT2D eigenvalue weighted by Crippen LogP contribution is 2.24. The van der Waals surface area contributed by atoms with Gasteiger partial charge in [-0.25, -0.2) is 9.59 Å². The summed E-state index contributed by atoms with van der Waals surface area (Å²) in [6, 6.07) is -0.959. The number of amides is 1. The lowest BCUT2D eigenvalue weighted by Gasteiger charge is -2.22. The summed E-state index contributed by atoms with van der Waals surface area (Å²) in [7, 11) is 0. The van der Waals surface area contributed by atoms with Crippen LogP contribution in [0.2, 0.25) is 0 Å². The van der Waals surface area contributed by atoms with Crippen molar-refractivity contribution < 1.29 is 24.5 Å². The van der Waals surface area contributed by atoms with Crippen molar-refractivity contribution >= 4 is 12.1 Å². The molecule has 1 saturated carbocycles. The van der Waals surface area contributed by atoms with Crippen molar-refractivity contribution in [2.75, 3.05) is 6.54 Å². The van der Waals surface area contributed by atoms with Crippen molar-refractivity contribution in [1.29, 1.82) is 0 Å². The third-order valence-electron chi connectivity index (χ3n) is 3.37. The van der Waals surface area contributed by atoms with E-state index in [1.54, 1.807) is 0 Å². The van der Waals surface area contributed by atoms with E-state index in [1.807, 2.05) is 0 Å². The van der Waals surface area contributed by atoms with Gasteiger partial charge in [0.1, 0.15) is 12.1 Å². The van der Waals surface area contributed by atoms with Crippen LogP contribution in [0.15, 0.2) is 0 Å². The van der Waals surface area contributed by atoms with Crippen LogP contribution >= 0.6 is 0 Å². The first-order chi connectivity index (χ1) is 8.08. The molecule has 17 heavy (non-hydrogen) atoms. The zero-order valence-corrected chi connectivity index (χ0v) is 9.54. The summed E-state index contributed by atoms with van der Waals surface area (Å²) in [5.74, 6) is -1.09. The smallest absolute Gasteiger partial charge is 0.410 e. The second kappa shape index (κ2) is 4.91. The van der Waals surface area contributed by atoms with Crippen molar-refractivity contribution in [2.45, 2.75) is 50.4 Å². The Bertz CT molecular complexity index is 313. The van der Waals surface area contributed by atoms with Crippen molar-refractivity contribution in [3.8, 4) is 0 Å². The molecule has 6 heteroatoms. The van der Waals surface area contributed by atoms with Crippen LogP contribution in [0.25, 0.3) is 0 Å². The van der Waals surface area contributed by atoms with Crippen LogP contribution in [0.1, 0.15) is 32.1 Å². The molecule has 1 aliphatic heterocycles. The molecule has 0 aromatic carbocycles. The van der Waals surface area contributed by atoms with Crippen LogP contribution in [-0.4, -0.2) is 52.0 Å². The van der Waals surface area contributed by atoms with Gasteiger partial charge in [0.15, 0.2) is 0 Å². The Labute approximate surface area is 99.2 Å². The van der Waals surface area contributed by atoms with Crippen LogP contribution in [-0.2, 0) is 9.53 Å². The fraction of sp³-hybridized carbons (Fsp3) is 0.818. The lowest BCUT2D eigenvalue weighted by atomic mass is 10.2. The Morgan fingerprint density at radius 1 is 1.24 bits per heavy atom. The van der Waals surface area contributed by atoms with Gasteiger partial charge in [-0.1, -0.05) is 0 Å². The number of hydrogen-bond donors (Lipinski definition) is 2. The maximum absolute atomic E-state index is 11.8. The summed E-state index contributed by atoms with van der Waals surface area (Å²) < 4.78 is 5.24. The molecule has 0 spiro atoms. The molecule has 1 aliphatic carbocycles. The summed E-state index contributed by atoms with van der Waals surface area (Å²) >= 11 is 0. The van der Waals surface area contributed by atoms with Crippen molar-refractivity contribution in [2.24, 2.45) is 0 Å². The normalized spacial score (nSPS) is 29.6. The SMILES string of the molecule is O=C(O)[C@@H]1C[C@@H](O)CN1C(=O)OC1CCCC1. The summed E-state index contributed by atoms with van der Waals surface area (Å²) in [5, 5.41) is 18.4. The van der Waals surface area contributed by atoms with Crippen LogP contribution < -0.4 is 0 Å². The molecule has 2 N–H and O–H groups in total. The number of carbonyl (C=O) groups is 2. The first-order valence-corrected chi connectivity index (χ1v) is 5.96. The Morgan fingerprint density at radius 3 is 2.47 bits per heavy atom. The largest absolute Gasteiger partial charge is 0.480 e. The number of carboxylic acid groups (broad SMARTS) is 1. The molecule has 0 bridgehead atoms. The Hall–Kier alpha value is -1.30. The van der Waals surface area contributed by atoms with E-state index in [9.17, 15) is 14.7 Å². The molecule has 2 rings (SSSR count). The van der Waals surface area contributed by atoms with Crippen LogP contribution in [0.4, 0.5) is 4.79 Å². The van der Waals surface area contributed by atoms with Crippen LogP contribution in [0.3, 0.4) is 0 Å². The molecular weight excluding hydrogens is 226 g/mol. The van der Waals surface area contributed by atoms with E-state index in [0.29, 0.717) is 0 Å². The van der Waals surface area contributed by atoms with Gasteiger partial charge in [-0.2, -0.15) is 0 Å². The molecule has 0 aromatic rings. The van der Waals surface area contributed by atoms with Crippen LogP contribution in [0, 0.1) is 0 Å². The molecule has 2 aliphatic rings. The molecule has 0 aromatic heterocycles. The second-order valence-corrected chi connectivity index (χ2v) is 4.69. The average molecular weight is 243 g/mol. The number of carboxylic acids is 1. The molecule has 1 amide bonds. The van der Waals surface area contributed by atoms with E-state index >= 15 is 0 Å². The Kier molecular flexibility index (Phi) is 3.51. The van der Waals surface area contributed by atoms with Gasteiger partial charge in [-0.3, -0.25) is 4.90 Å². The predicted octanol–water partition coefficient (Wildman–Crippen LogP) is 0.585. The summed E-state index contributed by atoms with van der Waals surface area (Å²) in [6.07, 6.45) is 2.39. The van der Waals surface area contributed by atoms with E-state index in [2.05, 4.69) is 0 Å². The maximum atomic E-state index is 11.8. The van der Waals surface area contributed by atoms with E-state index < -0.39 is 24.2 Å². The zero-order valence-electron chi connectivity index (χ0n) is 9.54. The number of hydrogen-bond acceptors (Lipinski definition) is 4. The van der Waals surface area contributed by atoms with Crippen molar-refractivity contribution in [1.82, 2.24) is 4.90 Å². The third kappa shape index (κ3) is 2.69. The number of β-amino-alcohol motifs (C(OH)–C–C–N with tert-alkyl or cyclic N) is 1. The van der Waals surface area contributed by atoms with Gasteiger partial charge in [-0.05, 0) is 25.7 Å². The molecule has 2 atom stereocenters. The van der Waals surface area contributed by atoms with E-state index in [0.717, 1.165) is 30.6 Å². The molecule has 1 saturated heterocycles. The fourth-order valence-electron chi connectivity index (χ4n) is 2.47. The summed E-state index contributed by atoms with van der Waals surface area (Å²) in [4.78, 5) is 23.8. The number of carbonyl (C=O) groups excluding carboxylic acids is 1. The first-order valence-electron chi connectivity index (χ1n) is 5.96. The number of likely N-dealkylation sites (tertiary alicyclic amines) is 1. The molecular formula is C11H17NO5. The number of aliphatic carboxylic acids is 1. The number of rotatable bonds is 2. The van der Waals surface area contributed by atoms with E-state index in [-0.39, 0.29) is 19.1 Å². The summed E-state index contributed by atoms with van der Waals surface area (Å²) in [5.41, 5.74) is 0. The first kappa shape index (κ1) is 12.2. The standard InChI is InChI=1S/C11H17NO5/c13-7-5-9(10(14)15)12(6-7)11(16)17-8-3-1-2-4-8/h7-9,13H,1-6H2,(H,14,15)/t7-,9+/m1/s1. The van der Waals surface area contributed by atoms with Gasteiger partial charge in [0.25, 0.3) is 0 Å². The van der Waals surface area contributed by atoms with Gasteiger partial charge in [0.05, 0.1) is 12.6 Å². The second-order valence-electron chi connectivity index (χ2n) is 4.69. The van der Waals surface area contributed by atoms with Crippen molar-refractivity contribution in [3.63, 3.8) is 0 Å². The molecule has 6 nitrogen and oxygen atoms in total. The van der Waals surface area contributed by atoms with Gasteiger partial charge >= 0.3 is 12.1 Å². The minimum absolute atomic E-state index is 0.0442. The zero-order chi connectivity index (χ0) is 12.4. The summed E-state index contributed by atoms with van der Waals surface area (Å²) in [6.45, 7) is 0.0442. The Balaban J connectivity index is 1.94. The highest BCUT2D eigenvalue weighted by atomic mass is 16.6. The lowest BCUT2D eigenvalue weighted by Crippen LogP contribution is -2.42. The highest BCUT2D eigenvalue weighted by molar-refractivity contribution is 5.81. The van der Waals surface area contributed by atoms with Gasteiger partial charge in [0.2, 0.25) is 0 Å². The van der Waals surface area contributed by atoms with Crippen molar-refractivity contribution in [3.05, 3.63) is 0 Å². The molecule has 2 fully saturated rings. The molecule has 0 radical (unpaired) electrons. The van der Waals surface area contributed by atoms with E-state index in [1.165, 1.54) is 0 Å². The molecule has 1 heterocycles. The number of aliphatic hydroxyl groups excluding tert-OH is 1. The predicted molar refractivity (Wildman–Crippen MR) is 57.5 cm³/mol. The lowest BCUT2D eigenvalue weighted by molar-refractivity contribution is -0.141. The number of aliphatic hydroxyl groups is 1. The Morgan fingerprint density at radius 2 is 1.88 bits per heavy atom. The topological polar surface area (TPSA) is 87.1 Å². The number of nitrogens with zero attached hydrogens (tertiary/aromatic N) is 1. The highest BCUT2D eigenvalue weighted by Gasteiger charge is 2.40. The maximum Gasteiger partial charge on any atom is 0.410 e. The van der Waals surface area contributed by atoms with Gasteiger partial charge in [-0.15, -0.1) is 0 Å². The van der Waals surface area contributed by atoms with Gasteiger partial charge in [0, 0.05) is 6.42 Å². The fourth-order valence-corrected chi connectivity index (χ4v) is 2.47. The average Bonchev–Trinajstić information content (AvgIpc) is 2.86. The minimum Gasteiger partial charge on any atom is -0.480 e. The number of ether oxygens (including phenoxy) is 1. The molecule has 96 valence electrons. The van der Waals surface area contributed by atoms with Crippen LogP contribution in [0.5, 0.6) is 0 Å². The monoisotopic (exact) mass is 243 g/mol. The quantitative estimate of drug-likeness (QED) is 0.741. The molecule has 0 unspecified atom stereocenters. The third-order valence-corrected chi connectivity index (χ3v) is 3.37. The van der Waals surface area contributed by atoms with E-state index in [4.69, 9.17) is 9.84 Å². The minimum atomic E-state index is -1.09.